The standard InChI is InChI=1S/C16H19ClN2O/c1-11-10-20-12(2)9-19(11)16-14(8-17)7-13-5-3-4-6-15(13)18-16/h3-7,11-12H,8-10H2,1-2H3. The van der Waals surface area contributed by atoms with Crippen LogP contribution in [0.15, 0.2) is 30.3 Å². The quantitative estimate of drug-likeness (QED) is 0.791. The summed E-state index contributed by atoms with van der Waals surface area (Å²) in [7, 11) is 0. The van der Waals surface area contributed by atoms with E-state index in [0.717, 1.165) is 35.4 Å². The lowest BCUT2D eigenvalue weighted by molar-refractivity contribution is 0.0340. The van der Waals surface area contributed by atoms with Crippen molar-refractivity contribution in [3.63, 3.8) is 0 Å². The van der Waals surface area contributed by atoms with Crippen molar-refractivity contribution in [2.24, 2.45) is 0 Å². The Morgan fingerprint density at radius 3 is 2.95 bits per heavy atom. The number of aromatic nitrogens is 1. The second-order valence-electron chi connectivity index (χ2n) is 5.44. The van der Waals surface area contributed by atoms with Gasteiger partial charge in [-0.15, -0.1) is 11.6 Å². The number of para-hydroxylation sites is 1. The molecule has 0 spiro atoms. The molecule has 1 aromatic carbocycles. The SMILES string of the molecule is CC1CN(c2nc3ccccc3cc2CCl)C(C)CO1. The van der Waals surface area contributed by atoms with E-state index in [0.29, 0.717) is 11.9 Å². The molecule has 2 heterocycles. The van der Waals surface area contributed by atoms with Crippen LogP contribution in [-0.2, 0) is 10.6 Å². The van der Waals surface area contributed by atoms with Crippen molar-refractivity contribution in [2.75, 3.05) is 18.1 Å². The topological polar surface area (TPSA) is 25.4 Å². The Hall–Kier alpha value is -1.32. The zero-order valence-electron chi connectivity index (χ0n) is 11.8. The molecule has 0 saturated carbocycles. The number of anilines is 1. The number of halogens is 1. The lowest BCUT2D eigenvalue weighted by atomic mass is 10.1. The molecule has 1 saturated heterocycles. The summed E-state index contributed by atoms with van der Waals surface area (Å²) < 4.78 is 5.70. The number of alkyl halides is 1. The lowest BCUT2D eigenvalue weighted by Gasteiger charge is -2.38. The molecule has 1 aliphatic rings. The molecule has 1 aliphatic heterocycles. The van der Waals surface area contributed by atoms with Gasteiger partial charge in [0.2, 0.25) is 0 Å². The van der Waals surface area contributed by atoms with Gasteiger partial charge in [0.15, 0.2) is 0 Å². The smallest absolute Gasteiger partial charge is 0.134 e. The molecule has 0 aliphatic carbocycles. The van der Waals surface area contributed by atoms with E-state index < -0.39 is 0 Å². The van der Waals surface area contributed by atoms with Gasteiger partial charge >= 0.3 is 0 Å². The van der Waals surface area contributed by atoms with Crippen LogP contribution in [0, 0.1) is 0 Å². The molecule has 0 N–H and O–H groups in total. The first kappa shape index (κ1) is 13.7. The van der Waals surface area contributed by atoms with Crippen LogP contribution in [0.3, 0.4) is 0 Å². The molecule has 2 aromatic rings. The van der Waals surface area contributed by atoms with Gasteiger partial charge in [-0.25, -0.2) is 4.98 Å². The molecule has 3 rings (SSSR count). The highest BCUT2D eigenvalue weighted by Gasteiger charge is 2.26. The molecule has 0 amide bonds. The van der Waals surface area contributed by atoms with Crippen LogP contribution in [0.2, 0.25) is 0 Å². The summed E-state index contributed by atoms with van der Waals surface area (Å²) in [6.07, 6.45) is 0.225. The van der Waals surface area contributed by atoms with E-state index in [2.05, 4.69) is 30.9 Å². The van der Waals surface area contributed by atoms with Crippen molar-refractivity contribution in [1.29, 1.82) is 0 Å². The van der Waals surface area contributed by atoms with Gasteiger partial charge in [0, 0.05) is 17.5 Å². The van der Waals surface area contributed by atoms with E-state index >= 15 is 0 Å². The van der Waals surface area contributed by atoms with Crippen LogP contribution in [0.5, 0.6) is 0 Å². The Labute approximate surface area is 124 Å². The largest absolute Gasteiger partial charge is 0.375 e. The summed E-state index contributed by atoms with van der Waals surface area (Å²) in [6.45, 7) is 5.86. The highest BCUT2D eigenvalue weighted by Crippen LogP contribution is 2.28. The number of pyridine rings is 1. The molecule has 0 bridgehead atoms. The summed E-state index contributed by atoms with van der Waals surface area (Å²) >= 11 is 6.14. The highest BCUT2D eigenvalue weighted by molar-refractivity contribution is 6.17. The Bertz CT molecular complexity index is 616. The van der Waals surface area contributed by atoms with E-state index in [4.69, 9.17) is 21.3 Å². The number of hydrogen-bond donors (Lipinski definition) is 0. The Kier molecular flexibility index (Phi) is 3.81. The number of rotatable bonds is 2. The van der Waals surface area contributed by atoms with E-state index in [9.17, 15) is 0 Å². The molecule has 4 heteroatoms. The van der Waals surface area contributed by atoms with Crippen molar-refractivity contribution >= 4 is 28.3 Å². The third-order valence-corrected chi connectivity index (χ3v) is 4.09. The Morgan fingerprint density at radius 2 is 2.15 bits per heavy atom. The molecule has 3 nitrogen and oxygen atoms in total. The first-order valence-corrected chi connectivity index (χ1v) is 7.55. The van der Waals surface area contributed by atoms with Crippen LogP contribution in [-0.4, -0.2) is 30.3 Å². The minimum Gasteiger partial charge on any atom is -0.375 e. The molecule has 106 valence electrons. The maximum atomic E-state index is 6.14. The molecular weight excluding hydrogens is 272 g/mol. The number of hydrogen-bond acceptors (Lipinski definition) is 3. The number of fused-ring (bicyclic) bond motifs is 1. The van der Waals surface area contributed by atoms with Crippen LogP contribution in [0.4, 0.5) is 5.82 Å². The normalized spacial score (nSPS) is 23.2. The number of morpholine rings is 1. The summed E-state index contributed by atoms with van der Waals surface area (Å²) in [6, 6.07) is 10.6. The molecule has 2 atom stereocenters. The van der Waals surface area contributed by atoms with E-state index in [-0.39, 0.29) is 6.10 Å². The van der Waals surface area contributed by atoms with Gasteiger partial charge in [-0.05, 0) is 26.0 Å². The van der Waals surface area contributed by atoms with E-state index in [1.165, 1.54) is 0 Å². The van der Waals surface area contributed by atoms with Crippen molar-refractivity contribution in [3.8, 4) is 0 Å². The lowest BCUT2D eigenvalue weighted by Crippen LogP contribution is -2.48. The van der Waals surface area contributed by atoms with Crippen LogP contribution in [0.1, 0.15) is 19.4 Å². The van der Waals surface area contributed by atoms with Gasteiger partial charge in [-0.2, -0.15) is 0 Å². The van der Waals surface area contributed by atoms with Gasteiger partial charge in [0.1, 0.15) is 5.82 Å². The number of benzene rings is 1. The Morgan fingerprint density at radius 1 is 1.35 bits per heavy atom. The monoisotopic (exact) mass is 290 g/mol. The third kappa shape index (κ3) is 2.48. The zero-order valence-corrected chi connectivity index (χ0v) is 12.6. The summed E-state index contributed by atoms with van der Waals surface area (Å²) in [4.78, 5) is 7.16. The van der Waals surface area contributed by atoms with Crippen molar-refractivity contribution in [3.05, 3.63) is 35.9 Å². The molecule has 2 unspecified atom stereocenters. The second-order valence-corrected chi connectivity index (χ2v) is 5.71. The first-order valence-electron chi connectivity index (χ1n) is 7.02. The van der Waals surface area contributed by atoms with Gasteiger partial charge in [-0.1, -0.05) is 18.2 Å². The molecule has 1 aromatic heterocycles. The maximum Gasteiger partial charge on any atom is 0.134 e. The third-order valence-electron chi connectivity index (χ3n) is 3.80. The number of ether oxygens (including phenoxy) is 1. The van der Waals surface area contributed by atoms with E-state index in [1.807, 2.05) is 18.2 Å². The predicted molar refractivity (Wildman–Crippen MR) is 83.5 cm³/mol. The number of nitrogens with zero attached hydrogens (tertiary/aromatic N) is 2. The van der Waals surface area contributed by atoms with Gasteiger partial charge < -0.3 is 9.64 Å². The average Bonchev–Trinajstić information content (AvgIpc) is 2.48. The fraction of sp³-hybridized carbons (Fsp3) is 0.438. The van der Waals surface area contributed by atoms with Gasteiger partial charge in [0.25, 0.3) is 0 Å². The molecular formula is C16H19ClN2O. The van der Waals surface area contributed by atoms with Gasteiger partial charge in [-0.3, -0.25) is 0 Å². The maximum absolute atomic E-state index is 6.14. The van der Waals surface area contributed by atoms with Crippen molar-refractivity contribution in [2.45, 2.75) is 31.9 Å². The van der Waals surface area contributed by atoms with Crippen LogP contribution in [0.25, 0.3) is 10.9 Å². The van der Waals surface area contributed by atoms with Crippen molar-refractivity contribution < 1.29 is 4.74 Å². The minimum atomic E-state index is 0.225. The molecule has 0 radical (unpaired) electrons. The summed E-state index contributed by atoms with van der Waals surface area (Å²) in [5, 5.41) is 1.14. The molecule has 20 heavy (non-hydrogen) atoms. The van der Waals surface area contributed by atoms with Crippen LogP contribution < -0.4 is 4.90 Å². The Balaban J connectivity index is 2.08. The second kappa shape index (κ2) is 5.58. The minimum absolute atomic E-state index is 0.225. The fourth-order valence-corrected chi connectivity index (χ4v) is 2.89. The fourth-order valence-electron chi connectivity index (χ4n) is 2.69. The van der Waals surface area contributed by atoms with Crippen LogP contribution >= 0.6 is 11.6 Å². The average molecular weight is 291 g/mol. The van der Waals surface area contributed by atoms with Crippen molar-refractivity contribution in [1.82, 2.24) is 4.98 Å². The summed E-state index contributed by atoms with van der Waals surface area (Å²) in [5.74, 6) is 1.48. The molecule has 1 fully saturated rings. The predicted octanol–water partition coefficient (Wildman–Crippen LogP) is 3.59. The summed E-state index contributed by atoms with van der Waals surface area (Å²) in [5.41, 5.74) is 2.11. The first-order chi connectivity index (χ1) is 9.69. The highest BCUT2D eigenvalue weighted by atomic mass is 35.5. The van der Waals surface area contributed by atoms with E-state index in [1.54, 1.807) is 0 Å². The van der Waals surface area contributed by atoms with Gasteiger partial charge in [0.05, 0.1) is 30.1 Å². The zero-order chi connectivity index (χ0) is 14.1.